The maximum atomic E-state index is 11.9. The zero-order chi connectivity index (χ0) is 13.7. The Balaban J connectivity index is 0.00000200. The zero-order valence-corrected chi connectivity index (χ0v) is 14.1. The third-order valence-corrected chi connectivity index (χ3v) is 4.19. The van der Waals surface area contributed by atoms with Gasteiger partial charge in [0.05, 0.1) is 0 Å². The second kappa shape index (κ2) is 8.65. The summed E-state index contributed by atoms with van der Waals surface area (Å²) < 4.78 is 1.07. The van der Waals surface area contributed by atoms with Gasteiger partial charge in [-0.05, 0) is 50.4 Å². The Kier molecular flexibility index (Phi) is 7.56. The van der Waals surface area contributed by atoms with Crippen LogP contribution in [0.3, 0.4) is 0 Å². The zero-order valence-electron chi connectivity index (χ0n) is 11.7. The molecule has 0 bridgehead atoms. The van der Waals surface area contributed by atoms with E-state index in [1.807, 2.05) is 12.1 Å². The lowest BCUT2D eigenvalue weighted by atomic mass is 9.99. The number of aryl methyl sites for hydroxylation is 1. The van der Waals surface area contributed by atoms with E-state index in [1.54, 1.807) is 0 Å². The first-order chi connectivity index (χ1) is 9.15. The van der Waals surface area contributed by atoms with Gasteiger partial charge in [0.2, 0.25) is 5.91 Å². The summed E-state index contributed by atoms with van der Waals surface area (Å²) in [6.45, 7) is 3.20. The first-order valence-corrected chi connectivity index (χ1v) is 7.71. The number of hydrogen-bond acceptors (Lipinski definition) is 2. The highest BCUT2D eigenvalue weighted by Gasteiger charge is 2.21. The van der Waals surface area contributed by atoms with Gasteiger partial charge >= 0.3 is 0 Å². The van der Waals surface area contributed by atoms with Gasteiger partial charge in [-0.15, -0.1) is 12.4 Å². The van der Waals surface area contributed by atoms with Crippen molar-refractivity contribution in [2.24, 2.45) is 0 Å². The highest BCUT2D eigenvalue weighted by atomic mass is 79.9. The fourth-order valence-electron chi connectivity index (χ4n) is 2.43. The second-order valence-electron chi connectivity index (χ2n) is 5.19. The van der Waals surface area contributed by atoms with Crippen LogP contribution in [-0.4, -0.2) is 24.5 Å². The maximum Gasteiger partial charge on any atom is 0.220 e. The summed E-state index contributed by atoms with van der Waals surface area (Å²) in [6, 6.07) is 8.81. The predicted molar refractivity (Wildman–Crippen MR) is 88.3 cm³/mol. The quantitative estimate of drug-likeness (QED) is 0.865. The van der Waals surface area contributed by atoms with Crippen molar-refractivity contribution >= 4 is 34.2 Å². The van der Waals surface area contributed by atoms with Crippen LogP contribution in [0.1, 0.15) is 31.7 Å². The van der Waals surface area contributed by atoms with Crippen molar-refractivity contribution in [1.82, 2.24) is 10.6 Å². The number of halogens is 2. The number of benzene rings is 1. The van der Waals surface area contributed by atoms with Crippen molar-refractivity contribution in [3.63, 3.8) is 0 Å². The molecule has 3 nitrogen and oxygen atoms in total. The van der Waals surface area contributed by atoms with Crippen LogP contribution in [0.15, 0.2) is 28.7 Å². The minimum atomic E-state index is 0. The van der Waals surface area contributed by atoms with Crippen molar-refractivity contribution in [2.45, 2.75) is 44.7 Å². The molecule has 112 valence electrons. The average molecular weight is 362 g/mol. The number of piperidine rings is 1. The summed E-state index contributed by atoms with van der Waals surface area (Å²) >= 11 is 3.41. The van der Waals surface area contributed by atoms with E-state index in [0.29, 0.717) is 12.5 Å². The molecule has 1 fully saturated rings. The van der Waals surface area contributed by atoms with Gasteiger partial charge < -0.3 is 10.6 Å². The topological polar surface area (TPSA) is 41.1 Å². The Bertz CT molecular complexity index is 424. The second-order valence-corrected chi connectivity index (χ2v) is 6.10. The summed E-state index contributed by atoms with van der Waals surface area (Å²) in [5.74, 6) is 0.156. The van der Waals surface area contributed by atoms with Crippen molar-refractivity contribution in [2.75, 3.05) is 6.54 Å². The van der Waals surface area contributed by atoms with Gasteiger partial charge in [-0.25, -0.2) is 0 Å². The van der Waals surface area contributed by atoms with Crippen molar-refractivity contribution in [3.05, 3.63) is 34.3 Å². The van der Waals surface area contributed by atoms with E-state index in [4.69, 9.17) is 0 Å². The van der Waals surface area contributed by atoms with Gasteiger partial charge in [-0.2, -0.15) is 0 Å². The molecule has 1 aliphatic rings. The standard InChI is InChI=1S/C15H21BrN2O.ClH/c1-11-14(3-2-10-17-11)18-15(19)9-6-12-4-7-13(16)8-5-12;/h4-5,7-8,11,14,17H,2-3,6,9-10H2,1H3,(H,18,19);1H. The van der Waals surface area contributed by atoms with E-state index in [1.165, 1.54) is 5.56 Å². The molecule has 2 atom stereocenters. The smallest absolute Gasteiger partial charge is 0.220 e. The number of carbonyl (C=O) groups excluding carboxylic acids is 1. The average Bonchev–Trinajstić information content (AvgIpc) is 2.41. The molecule has 0 spiro atoms. The Morgan fingerprint density at radius 1 is 1.40 bits per heavy atom. The van der Waals surface area contributed by atoms with Crippen molar-refractivity contribution in [3.8, 4) is 0 Å². The number of hydrogen-bond donors (Lipinski definition) is 2. The fraction of sp³-hybridized carbons (Fsp3) is 0.533. The Hall–Kier alpha value is -0.580. The molecule has 0 radical (unpaired) electrons. The van der Waals surface area contributed by atoms with Crippen LogP contribution in [0.25, 0.3) is 0 Å². The summed E-state index contributed by atoms with van der Waals surface area (Å²) in [5.41, 5.74) is 1.20. The normalized spacial score (nSPS) is 21.9. The van der Waals surface area contributed by atoms with Gasteiger partial charge in [-0.3, -0.25) is 4.79 Å². The monoisotopic (exact) mass is 360 g/mol. The molecule has 1 amide bonds. The first kappa shape index (κ1) is 17.5. The van der Waals surface area contributed by atoms with Crippen molar-refractivity contribution in [1.29, 1.82) is 0 Å². The molecule has 1 aromatic carbocycles. The van der Waals surface area contributed by atoms with Crippen LogP contribution < -0.4 is 10.6 Å². The molecule has 2 unspecified atom stereocenters. The van der Waals surface area contributed by atoms with Gasteiger partial charge in [-0.1, -0.05) is 28.1 Å². The Morgan fingerprint density at radius 3 is 2.75 bits per heavy atom. The van der Waals surface area contributed by atoms with Crippen LogP contribution in [-0.2, 0) is 11.2 Å². The van der Waals surface area contributed by atoms with Crippen LogP contribution in [0, 0.1) is 0 Å². The van der Waals surface area contributed by atoms with E-state index in [0.717, 1.165) is 30.3 Å². The fourth-order valence-corrected chi connectivity index (χ4v) is 2.69. The molecule has 0 aromatic heterocycles. The first-order valence-electron chi connectivity index (χ1n) is 6.92. The molecule has 1 aliphatic heterocycles. The lowest BCUT2D eigenvalue weighted by molar-refractivity contribution is -0.122. The van der Waals surface area contributed by atoms with Gasteiger partial charge in [0.15, 0.2) is 0 Å². The predicted octanol–water partition coefficient (Wildman–Crippen LogP) is 3.06. The van der Waals surface area contributed by atoms with Crippen LogP contribution in [0.4, 0.5) is 0 Å². The summed E-state index contributed by atoms with van der Waals surface area (Å²) in [6.07, 6.45) is 3.58. The SMILES string of the molecule is CC1NCCCC1NC(=O)CCc1ccc(Br)cc1.Cl. The Morgan fingerprint density at radius 2 is 2.10 bits per heavy atom. The van der Waals surface area contributed by atoms with E-state index in [-0.39, 0.29) is 24.4 Å². The minimum absolute atomic E-state index is 0. The van der Waals surface area contributed by atoms with E-state index in [2.05, 4.69) is 45.6 Å². The highest BCUT2D eigenvalue weighted by Crippen LogP contribution is 2.12. The number of rotatable bonds is 4. The maximum absolute atomic E-state index is 11.9. The van der Waals surface area contributed by atoms with Gasteiger partial charge in [0.1, 0.15) is 0 Å². The molecular formula is C15H22BrClN2O. The van der Waals surface area contributed by atoms with E-state index in [9.17, 15) is 4.79 Å². The lowest BCUT2D eigenvalue weighted by Crippen LogP contribution is -2.51. The Labute approximate surface area is 135 Å². The molecule has 0 aliphatic carbocycles. The molecule has 1 heterocycles. The summed E-state index contributed by atoms with van der Waals surface area (Å²) in [4.78, 5) is 11.9. The largest absolute Gasteiger partial charge is 0.352 e. The van der Waals surface area contributed by atoms with Crippen molar-refractivity contribution < 1.29 is 4.79 Å². The third kappa shape index (κ3) is 5.43. The molecule has 1 saturated heterocycles. The van der Waals surface area contributed by atoms with Gasteiger partial charge in [0, 0.05) is 23.0 Å². The summed E-state index contributed by atoms with van der Waals surface area (Å²) in [5, 5.41) is 6.54. The van der Waals surface area contributed by atoms with Crippen LogP contribution in [0.2, 0.25) is 0 Å². The lowest BCUT2D eigenvalue weighted by Gasteiger charge is -2.30. The molecule has 1 aromatic rings. The van der Waals surface area contributed by atoms with Gasteiger partial charge in [0.25, 0.3) is 0 Å². The van der Waals surface area contributed by atoms with E-state index < -0.39 is 0 Å². The molecular weight excluding hydrogens is 340 g/mol. The molecule has 5 heteroatoms. The van der Waals surface area contributed by atoms with Crippen LogP contribution >= 0.6 is 28.3 Å². The highest BCUT2D eigenvalue weighted by molar-refractivity contribution is 9.10. The minimum Gasteiger partial charge on any atom is -0.352 e. The number of carbonyl (C=O) groups is 1. The molecule has 2 rings (SSSR count). The summed E-state index contributed by atoms with van der Waals surface area (Å²) in [7, 11) is 0. The number of amides is 1. The number of nitrogens with one attached hydrogen (secondary N) is 2. The third-order valence-electron chi connectivity index (χ3n) is 3.66. The molecule has 2 N–H and O–H groups in total. The van der Waals surface area contributed by atoms with Crippen LogP contribution in [0.5, 0.6) is 0 Å². The molecule has 0 saturated carbocycles. The van der Waals surface area contributed by atoms with E-state index >= 15 is 0 Å². The molecule has 20 heavy (non-hydrogen) atoms.